The summed E-state index contributed by atoms with van der Waals surface area (Å²) in [4.78, 5) is 24.1. The van der Waals surface area contributed by atoms with Crippen LogP contribution >= 0.6 is 0 Å². The Hall–Kier alpha value is -2.34. The third-order valence-electron chi connectivity index (χ3n) is 3.84. The fraction of sp³-hybridized carbons (Fsp3) is 0.444. The summed E-state index contributed by atoms with van der Waals surface area (Å²) in [6, 6.07) is 2.44. The number of Topliss-reactive ketones (excluding diaryl/α,β-unsaturated/α-hetero) is 1. The Bertz CT molecular complexity index is 649. The smallest absolute Gasteiger partial charge is 0.342 e. The number of hydrogen-bond acceptors (Lipinski definition) is 6. The number of benzene rings is 1. The number of carbonyl (C=O) groups is 2. The van der Waals surface area contributed by atoms with Crippen molar-refractivity contribution in [2.24, 2.45) is 0 Å². The van der Waals surface area contributed by atoms with Crippen molar-refractivity contribution in [1.82, 2.24) is 0 Å². The lowest BCUT2D eigenvalue weighted by Crippen LogP contribution is -2.23. The zero-order valence-corrected chi connectivity index (χ0v) is 13.6. The van der Waals surface area contributed by atoms with E-state index >= 15 is 0 Å². The number of fused-ring (bicyclic) bond motifs is 1. The van der Waals surface area contributed by atoms with Crippen molar-refractivity contribution in [3.8, 4) is 11.5 Å². The number of allylic oxidation sites excluding steroid dienone is 1. The van der Waals surface area contributed by atoms with Crippen LogP contribution in [0.1, 0.15) is 54.9 Å². The highest BCUT2D eigenvalue weighted by Gasteiger charge is 2.22. The first kappa shape index (κ1) is 18.0. The van der Waals surface area contributed by atoms with Crippen LogP contribution in [0.4, 0.5) is 0 Å². The number of cyclic esters (lactones) is 1. The lowest BCUT2D eigenvalue weighted by Gasteiger charge is -2.18. The zero-order chi connectivity index (χ0) is 17.7. The van der Waals surface area contributed by atoms with E-state index in [-0.39, 0.29) is 35.7 Å². The maximum Gasteiger partial charge on any atom is 0.342 e. The highest BCUT2D eigenvalue weighted by atomic mass is 16.5. The van der Waals surface area contributed by atoms with Gasteiger partial charge in [-0.25, -0.2) is 4.79 Å². The molecule has 130 valence electrons. The number of ether oxygens (including phenoxy) is 1. The fourth-order valence-electron chi connectivity index (χ4n) is 2.74. The van der Waals surface area contributed by atoms with Gasteiger partial charge in [-0.2, -0.15) is 0 Å². The molecule has 6 heteroatoms. The molecule has 1 heterocycles. The van der Waals surface area contributed by atoms with Crippen molar-refractivity contribution in [2.75, 3.05) is 0 Å². The van der Waals surface area contributed by atoms with Gasteiger partial charge in [-0.3, -0.25) is 4.79 Å². The first-order valence-electron chi connectivity index (χ1n) is 8.00. The quantitative estimate of drug-likeness (QED) is 0.630. The van der Waals surface area contributed by atoms with Gasteiger partial charge in [0.2, 0.25) is 0 Å². The molecule has 0 bridgehead atoms. The average molecular weight is 334 g/mol. The molecule has 2 rings (SSSR count). The topological polar surface area (TPSA) is 104 Å². The molecular weight excluding hydrogens is 312 g/mol. The van der Waals surface area contributed by atoms with Crippen LogP contribution in [-0.4, -0.2) is 39.3 Å². The number of aliphatic hydroxyl groups excluding tert-OH is 1. The highest BCUT2D eigenvalue weighted by molar-refractivity contribution is 5.97. The summed E-state index contributed by atoms with van der Waals surface area (Å²) < 4.78 is 5.26. The number of phenols is 2. The van der Waals surface area contributed by atoms with Gasteiger partial charge in [-0.05, 0) is 31.4 Å². The summed E-state index contributed by atoms with van der Waals surface area (Å²) in [6.45, 7) is 1.62. The Labute approximate surface area is 140 Å². The van der Waals surface area contributed by atoms with Crippen LogP contribution in [0.25, 0.3) is 6.08 Å². The number of aromatic hydroxyl groups is 2. The van der Waals surface area contributed by atoms with Gasteiger partial charge in [0.15, 0.2) is 0 Å². The molecule has 0 spiro atoms. The molecule has 0 aromatic heterocycles. The largest absolute Gasteiger partial charge is 0.508 e. The SMILES string of the molecule is CC1CC(O)CC(=O)CCCC=Cc2cc(O)cc(O)c2C(=O)O1. The van der Waals surface area contributed by atoms with E-state index in [1.54, 1.807) is 19.1 Å². The van der Waals surface area contributed by atoms with Crippen molar-refractivity contribution in [1.29, 1.82) is 0 Å². The monoisotopic (exact) mass is 334 g/mol. The lowest BCUT2D eigenvalue weighted by molar-refractivity contribution is -0.121. The van der Waals surface area contributed by atoms with Crippen molar-refractivity contribution in [2.45, 2.75) is 51.2 Å². The second kappa shape index (κ2) is 7.97. The van der Waals surface area contributed by atoms with Crippen LogP contribution < -0.4 is 0 Å². The van der Waals surface area contributed by atoms with E-state index in [1.807, 2.05) is 0 Å². The summed E-state index contributed by atoms with van der Waals surface area (Å²) in [5.74, 6) is -1.30. The Morgan fingerprint density at radius 3 is 2.71 bits per heavy atom. The van der Waals surface area contributed by atoms with Crippen LogP contribution in [0.5, 0.6) is 11.5 Å². The van der Waals surface area contributed by atoms with Crippen LogP contribution in [0, 0.1) is 0 Å². The molecule has 0 fully saturated rings. The maximum atomic E-state index is 12.3. The van der Waals surface area contributed by atoms with Gasteiger partial charge in [-0.1, -0.05) is 12.2 Å². The second-order valence-electron chi connectivity index (χ2n) is 6.07. The molecule has 1 aliphatic rings. The first-order chi connectivity index (χ1) is 11.4. The normalized spacial score (nSPS) is 23.2. The van der Waals surface area contributed by atoms with Crippen molar-refractivity contribution >= 4 is 17.8 Å². The third kappa shape index (κ3) is 4.83. The van der Waals surface area contributed by atoms with Gasteiger partial charge in [0.25, 0.3) is 0 Å². The van der Waals surface area contributed by atoms with Crippen molar-refractivity contribution in [3.05, 3.63) is 29.3 Å². The molecule has 6 nitrogen and oxygen atoms in total. The van der Waals surface area contributed by atoms with E-state index < -0.39 is 18.2 Å². The molecule has 0 saturated heterocycles. The van der Waals surface area contributed by atoms with Crippen LogP contribution in [0.2, 0.25) is 0 Å². The first-order valence-corrected chi connectivity index (χ1v) is 8.00. The summed E-state index contributed by atoms with van der Waals surface area (Å²) in [6.07, 6.45) is 3.68. The van der Waals surface area contributed by atoms with Gasteiger partial charge in [0.05, 0.1) is 6.10 Å². The molecule has 3 N–H and O–H groups in total. The predicted molar refractivity (Wildman–Crippen MR) is 87.8 cm³/mol. The highest BCUT2D eigenvalue weighted by Crippen LogP contribution is 2.30. The number of hydrogen-bond donors (Lipinski definition) is 3. The van der Waals surface area contributed by atoms with Gasteiger partial charge in [0, 0.05) is 25.3 Å². The fourth-order valence-corrected chi connectivity index (χ4v) is 2.74. The van der Waals surface area contributed by atoms with E-state index in [2.05, 4.69) is 0 Å². The molecule has 1 aromatic carbocycles. The standard InChI is InChI=1S/C18H22O6/c1-11-7-14(20)9-13(19)6-4-2-3-5-12-8-15(21)10-16(22)17(12)18(23)24-11/h3,5,8,10-11,14,20-22H,2,4,6-7,9H2,1H3. The zero-order valence-electron chi connectivity index (χ0n) is 13.6. The van der Waals surface area contributed by atoms with E-state index in [4.69, 9.17) is 4.74 Å². The molecule has 1 aliphatic heterocycles. The molecule has 2 unspecified atom stereocenters. The third-order valence-corrected chi connectivity index (χ3v) is 3.84. The minimum atomic E-state index is -0.869. The number of carbonyl (C=O) groups excluding carboxylic acids is 2. The minimum absolute atomic E-state index is 0.0258. The molecule has 2 atom stereocenters. The maximum absolute atomic E-state index is 12.3. The summed E-state index contributed by atoms with van der Waals surface area (Å²) in [5.41, 5.74) is 0.312. The Morgan fingerprint density at radius 2 is 1.96 bits per heavy atom. The van der Waals surface area contributed by atoms with E-state index in [0.29, 0.717) is 24.8 Å². The van der Waals surface area contributed by atoms with E-state index in [9.17, 15) is 24.9 Å². The molecular formula is C18H22O6. The van der Waals surface area contributed by atoms with Crippen molar-refractivity contribution in [3.63, 3.8) is 0 Å². The Morgan fingerprint density at radius 1 is 1.21 bits per heavy atom. The molecule has 0 radical (unpaired) electrons. The van der Waals surface area contributed by atoms with Crippen LogP contribution in [-0.2, 0) is 9.53 Å². The summed E-state index contributed by atoms with van der Waals surface area (Å²) >= 11 is 0. The van der Waals surface area contributed by atoms with Gasteiger partial charge in [-0.15, -0.1) is 0 Å². The lowest BCUT2D eigenvalue weighted by atomic mass is 10.0. The second-order valence-corrected chi connectivity index (χ2v) is 6.07. The molecule has 0 amide bonds. The molecule has 24 heavy (non-hydrogen) atoms. The summed E-state index contributed by atoms with van der Waals surface area (Å²) in [5, 5.41) is 29.5. The predicted octanol–water partition coefficient (Wildman–Crippen LogP) is 2.55. The molecule has 0 saturated carbocycles. The number of esters is 1. The van der Waals surface area contributed by atoms with Gasteiger partial charge < -0.3 is 20.1 Å². The number of phenolic OH excluding ortho intramolecular Hbond substituents is 2. The number of ketones is 1. The van der Waals surface area contributed by atoms with Crippen molar-refractivity contribution < 1.29 is 29.6 Å². The van der Waals surface area contributed by atoms with Crippen LogP contribution in [0.3, 0.4) is 0 Å². The van der Waals surface area contributed by atoms with Gasteiger partial charge in [0.1, 0.15) is 28.9 Å². The molecule has 0 aliphatic carbocycles. The average Bonchev–Trinajstić information content (AvgIpc) is 2.44. The number of rotatable bonds is 0. The Kier molecular flexibility index (Phi) is 5.98. The number of aliphatic hydroxyl groups is 1. The van der Waals surface area contributed by atoms with E-state index in [0.717, 1.165) is 6.07 Å². The van der Waals surface area contributed by atoms with Crippen LogP contribution in [0.15, 0.2) is 18.2 Å². The Balaban J connectivity index is 2.34. The van der Waals surface area contributed by atoms with Gasteiger partial charge >= 0.3 is 5.97 Å². The minimum Gasteiger partial charge on any atom is -0.508 e. The summed E-state index contributed by atoms with van der Waals surface area (Å²) in [7, 11) is 0. The van der Waals surface area contributed by atoms with E-state index in [1.165, 1.54) is 6.07 Å². The molecule has 1 aromatic rings.